The van der Waals surface area contributed by atoms with E-state index >= 15 is 0 Å². The van der Waals surface area contributed by atoms with Crippen LogP contribution in [0.25, 0.3) is 10.9 Å². The van der Waals surface area contributed by atoms with Gasteiger partial charge < -0.3 is 15.6 Å². The summed E-state index contributed by atoms with van der Waals surface area (Å²) in [6.45, 7) is 6.00. The average molecular weight is 521 g/mol. The molecular weight excluding hydrogens is 489 g/mol. The van der Waals surface area contributed by atoms with Gasteiger partial charge in [0.05, 0.1) is 6.54 Å². The number of H-pyrrole nitrogens is 1. The Morgan fingerprint density at radius 2 is 2.17 bits per heavy atom. The van der Waals surface area contributed by atoms with Crippen LogP contribution in [0, 0.1) is 0 Å². The highest BCUT2D eigenvalue weighted by molar-refractivity contribution is 14.0. The molecule has 0 saturated heterocycles. The molecule has 162 valence electrons. The van der Waals surface area contributed by atoms with Gasteiger partial charge in [-0.3, -0.25) is 4.99 Å². The first-order chi connectivity index (χ1) is 14.1. The van der Waals surface area contributed by atoms with Gasteiger partial charge in [0.15, 0.2) is 11.8 Å². The van der Waals surface area contributed by atoms with Crippen LogP contribution in [-0.2, 0) is 19.4 Å². The van der Waals surface area contributed by atoms with E-state index in [4.69, 9.17) is 0 Å². The molecule has 2 aromatic heterocycles. The molecule has 0 fully saturated rings. The summed E-state index contributed by atoms with van der Waals surface area (Å²) in [5.74, 6) is 3.28. The minimum absolute atomic E-state index is 0. The number of benzene rings is 1. The molecule has 0 aliphatic carbocycles. The Hall–Kier alpha value is -2.10. The van der Waals surface area contributed by atoms with Crippen molar-refractivity contribution in [2.45, 2.75) is 58.0 Å². The standard InChI is InChI=1S/C22H31N7.HI/c1-15(2)21-27-20-11-10-17(14-29(20)28-21)26-22(23-3)24-12-6-7-16-13-25-19-9-5-4-8-18(16)19;/h4-5,8-9,13,15,17,25H,6-7,10-12,14H2,1-3H3,(H2,23,24,26);1H. The van der Waals surface area contributed by atoms with Gasteiger partial charge >= 0.3 is 0 Å². The van der Waals surface area contributed by atoms with Gasteiger partial charge in [0.25, 0.3) is 0 Å². The molecule has 1 atom stereocenters. The summed E-state index contributed by atoms with van der Waals surface area (Å²) in [6.07, 6.45) is 6.22. The van der Waals surface area contributed by atoms with Crippen molar-refractivity contribution in [2.75, 3.05) is 13.6 Å². The third-order valence-electron chi connectivity index (χ3n) is 5.55. The highest BCUT2D eigenvalue weighted by Crippen LogP contribution is 2.19. The van der Waals surface area contributed by atoms with Crippen molar-refractivity contribution in [3.05, 3.63) is 47.7 Å². The highest BCUT2D eigenvalue weighted by atomic mass is 127. The lowest BCUT2D eigenvalue weighted by Crippen LogP contribution is -2.47. The molecule has 0 radical (unpaired) electrons. The molecule has 0 saturated carbocycles. The molecule has 0 spiro atoms. The largest absolute Gasteiger partial charge is 0.361 e. The van der Waals surface area contributed by atoms with Gasteiger partial charge in [-0.1, -0.05) is 32.0 Å². The van der Waals surface area contributed by atoms with E-state index in [2.05, 4.69) is 79.7 Å². The number of aromatic amines is 1. The van der Waals surface area contributed by atoms with Gasteiger partial charge in [-0.05, 0) is 30.9 Å². The van der Waals surface area contributed by atoms with Gasteiger partial charge in [-0.15, -0.1) is 24.0 Å². The van der Waals surface area contributed by atoms with Gasteiger partial charge in [0.2, 0.25) is 0 Å². The Morgan fingerprint density at radius 3 is 2.97 bits per heavy atom. The molecule has 30 heavy (non-hydrogen) atoms. The highest BCUT2D eigenvalue weighted by Gasteiger charge is 2.23. The van der Waals surface area contributed by atoms with Crippen LogP contribution in [0.2, 0.25) is 0 Å². The summed E-state index contributed by atoms with van der Waals surface area (Å²) in [6, 6.07) is 8.79. The summed E-state index contributed by atoms with van der Waals surface area (Å²) in [4.78, 5) is 12.4. The van der Waals surface area contributed by atoms with E-state index in [0.717, 1.165) is 56.4 Å². The zero-order valence-corrected chi connectivity index (χ0v) is 20.3. The van der Waals surface area contributed by atoms with E-state index in [0.29, 0.717) is 12.0 Å². The summed E-state index contributed by atoms with van der Waals surface area (Å²) in [5.41, 5.74) is 2.58. The lowest BCUT2D eigenvalue weighted by Gasteiger charge is -2.25. The molecule has 3 heterocycles. The third kappa shape index (κ3) is 5.14. The maximum atomic E-state index is 4.67. The Balaban J connectivity index is 0.00000256. The van der Waals surface area contributed by atoms with Crippen LogP contribution in [0.4, 0.5) is 0 Å². The molecule has 0 bridgehead atoms. The van der Waals surface area contributed by atoms with Crippen LogP contribution < -0.4 is 10.6 Å². The van der Waals surface area contributed by atoms with Crippen molar-refractivity contribution in [1.82, 2.24) is 30.4 Å². The fourth-order valence-corrected chi connectivity index (χ4v) is 3.90. The number of hydrogen-bond donors (Lipinski definition) is 3. The second-order valence-corrected chi connectivity index (χ2v) is 8.07. The van der Waals surface area contributed by atoms with Crippen molar-refractivity contribution >= 4 is 40.8 Å². The molecular formula is C22H32IN7. The van der Waals surface area contributed by atoms with Crippen LogP contribution in [0.15, 0.2) is 35.5 Å². The molecule has 1 aliphatic heterocycles. The van der Waals surface area contributed by atoms with Gasteiger partial charge in [0.1, 0.15) is 5.82 Å². The van der Waals surface area contributed by atoms with Crippen molar-refractivity contribution in [3.63, 3.8) is 0 Å². The second-order valence-electron chi connectivity index (χ2n) is 8.07. The number of nitrogens with zero attached hydrogens (tertiary/aromatic N) is 4. The smallest absolute Gasteiger partial charge is 0.191 e. The fraction of sp³-hybridized carbons (Fsp3) is 0.500. The Bertz CT molecular complexity index is 988. The average Bonchev–Trinajstić information content (AvgIpc) is 3.34. The number of halogens is 1. The van der Waals surface area contributed by atoms with Crippen LogP contribution in [-0.4, -0.2) is 45.3 Å². The molecule has 4 rings (SSSR count). The van der Waals surface area contributed by atoms with E-state index in [1.54, 1.807) is 0 Å². The van der Waals surface area contributed by atoms with Crippen LogP contribution in [0.1, 0.15) is 49.8 Å². The van der Waals surface area contributed by atoms with Crippen molar-refractivity contribution in [2.24, 2.45) is 4.99 Å². The maximum absolute atomic E-state index is 4.67. The monoisotopic (exact) mass is 521 g/mol. The number of hydrogen-bond acceptors (Lipinski definition) is 3. The number of rotatable bonds is 6. The van der Waals surface area contributed by atoms with E-state index in [1.807, 2.05) is 7.05 Å². The summed E-state index contributed by atoms with van der Waals surface area (Å²) in [5, 5.41) is 13.0. The lowest BCUT2D eigenvalue weighted by atomic mass is 10.1. The third-order valence-corrected chi connectivity index (χ3v) is 5.55. The SMILES string of the molecule is CN=C(NCCCc1c[nH]c2ccccc12)NC1CCc2nc(C(C)C)nn2C1.I. The number of aromatic nitrogens is 4. The predicted octanol–water partition coefficient (Wildman–Crippen LogP) is 3.61. The molecule has 8 heteroatoms. The molecule has 1 aliphatic rings. The quantitative estimate of drug-likeness (QED) is 0.200. The molecule has 3 aromatic rings. The Morgan fingerprint density at radius 1 is 1.33 bits per heavy atom. The minimum Gasteiger partial charge on any atom is -0.361 e. The van der Waals surface area contributed by atoms with E-state index < -0.39 is 0 Å². The number of para-hydroxylation sites is 1. The molecule has 0 amide bonds. The van der Waals surface area contributed by atoms with Gasteiger partial charge in [-0.25, -0.2) is 9.67 Å². The lowest BCUT2D eigenvalue weighted by molar-refractivity contribution is 0.391. The van der Waals surface area contributed by atoms with E-state index in [9.17, 15) is 0 Å². The fourth-order valence-electron chi connectivity index (χ4n) is 3.90. The molecule has 7 nitrogen and oxygen atoms in total. The number of nitrogens with one attached hydrogen (secondary N) is 3. The van der Waals surface area contributed by atoms with Crippen molar-refractivity contribution in [3.8, 4) is 0 Å². The summed E-state index contributed by atoms with van der Waals surface area (Å²) < 4.78 is 2.06. The van der Waals surface area contributed by atoms with Crippen LogP contribution in [0.3, 0.4) is 0 Å². The first-order valence-corrected chi connectivity index (χ1v) is 10.6. The zero-order chi connectivity index (χ0) is 20.2. The number of fused-ring (bicyclic) bond motifs is 2. The summed E-state index contributed by atoms with van der Waals surface area (Å²) in [7, 11) is 1.83. The maximum Gasteiger partial charge on any atom is 0.191 e. The minimum atomic E-state index is 0. The van der Waals surface area contributed by atoms with Crippen LogP contribution in [0.5, 0.6) is 0 Å². The number of aliphatic imine (C=N–C) groups is 1. The topological polar surface area (TPSA) is 82.9 Å². The molecule has 3 N–H and O–H groups in total. The van der Waals surface area contributed by atoms with E-state index in [1.165, 1.54) is 16.5 Å². The van der Waals surface area contributed by atoms with Crippen LogP contribution >= 0.6 is 24.0 Å². The van der Waals surface area contributed by atoms with Crippen molar-refractivity contribution in [1.29, 1.82) is 0 Å². The number of guanidine groups is 1. The first kappa shape index (κ1) is 22.6. The Labute approximate surface area is 195 Å². The first-order valence-electron chi connectivity index (χ1n) is 10.6. The summed E-state index contributed by atoms with van der Waals surface area (Å²) >= 11 is 0. The van der Waals surface area contributed by atoms with E-state index in [-0.39, 0.29) is 24.0 Å². The normalized spacial score (nSPS) is 16.4. The second kappa shape index (κ2) is 10.3. The predicted molar refractivity (Wildman–Crippen MR) is 133 cm³/mol. The Kier molecular flexibility index (Phi) is 7.74. The zero-order valence-electron chi connectivity index (χ0n) is 18.0. The number of aryl methyl sites for hydroxylation is 2. The molecule has 1 aromatic carbocycles. The van der Waals surface area contributed by atoms with Crippen molar-refractivity contribution < 1.29 is 0 Å². The van der Waals surface area contributed by atoms with Gasteiger partial charge in [-0.2, -0.15) is 5.10 Å². The molecule has 1 unspecified atom stereocenters. The van der Waals surface area contributed by atoms with Gasteiger partial charge in [0, 0.05) is 49.1 Å².